The summed E-state index contributed by atoms with van der Waals surface area (Å²) in [5, 5.41) is 4.91. The van der Waals surface area contributed by atoms with Gasteiger partial charge in [-0.2, -0.15) is 0 Å². The summed E-state index contributed by atoms with van der Waals surface area (Å²) in [6.45, 7) is 0. The van der Waals surface area contributed by atoms with Gasteiger partial charge < -0.3 is 9.55 Å². The third kappa shape index (κ3) is 2.12. The second kappa shape index (κ2) is 5.79. The standard InChI is InChI=1S/C24H16N4/c1-2-6-16(7-3-1)24-26-14-17(15-27-24)28-13-11-21-22-19(10-12-25-22)18-8-4-5-9-20(18)23(21)28/h1-15,25H. The molecule has 0 amide bonds. The van der Waals surface area contributed by atoms with Gasteiger partial charge in [0.25, 0.3) is 0 Å². The SMILES string of the molecule is c1ccc(-c2ncc(-n3ccc4c5[nH]ccc5c5ccccc5c43)cn2)cc1. The highest BCUT2D eigenvalue weighted by atomic mass is 15.0. The van der Waals surface area contributed by atoms with Crippen molar-refractivity contribution in [2.75, 3.05) is 0 Å². The van der Waals surface area contributed by atoms with Gasteiger partial charge in [-0.1, -0.05) is 54.6 Å². The number of fused-ring (bicyclic) bond motifs is 6. The van der Waals surface area contributed by atoms with Crippen LogP contribution < -0.4 is 0 Å². The Morgan fingerprint density at radius 1 is 0.679 bits per heavy atom. The monoisotopic (exact) mass is 360 g/mol. The van der Waals surface area contributed by atoms with Crippen LogP contribution in [0, 0.1) is 0 Å². The highest BCUT2D eigenvalue weighted by molar-refractivity contribution is 6.23. The van der Waals surface area contributed by atoms with Crippen molar-refractivity contribution < 1.29 is 0 Å². The zero-order valence-corrected chi connectivity index (χ0v) is 15.0. The Labute approximate surface area is 161 Å². The highest BCUT2D eigenvalue weighted by Gasteiger charge is 2.14. The topological polar surface area (TPSA) is 46.5 Å². The second-order valence-electron chi connectivity index (χ2n) is 6.89. The molecule has 3 aromatic carbocycles. The van der Waals surface area contributed by atoms with E-state index in [0.29, 0.717) is 0 Å². The minimum atomic E-state index is 0.734. The third-order valence-electron chi connectivity index (χ3n) is 5.32. The number of benzene rings is 3. The number of rotatable bonds is 2. The smallest absolute Gasteiger partial charge is 0.159 e. The van der Waals surface area contributed by atoms with Gasteiger partial charge in [-0.3, -0.25) is 0 Å². The first-order chi connectivity index (χ1) is 13.9. The fourth-order valence-corrected chi connectivity index (χ4v) is 4.05. The van der Waals surface area contributed by atoms with Crippen LogP contribution in [-0.4, -0.2) is 19.5 Å². The molecule has 132 valence electrons. The minimum absolute atomic E-state index is 0.734. The Morgan fingerprint density at radius 3 is 2.25 bits per heavy atom. The van der Waals surface area contributed by atoms with Crippen molar-refractivity contribution in [2.45, 2.75) is 0 Å². The van der Waals surface area contributed by atoms with Gasteiger partial charge in [0.2, 0.25) is 0 Å². The normalized spacial score (nSPS) is 11.6. The molecule has 0 fully saturated rings. The Hall–Kier alpha value is -3.92. The number of nitrogens with one attached hydrogen (secondary N) is 1. The predicted octanol–water partition coefficient (Wildman–Crippen LogP) is 5.72. The molecule has 0 aliphatic heterocycles. The van der Waals surface area contributed by atoms with Crippen LogP contribution in [0.15, 0.2) is 91.5 Å². The number of H-pyrrole nitrogens is 1. The van der Waals surface area contributed by atoms with E-state index < -0.39 is 0 Å². The first kappa shape index (κ1) is 15.2. The lowest BCUT2D eigenvalue weighted by atomic mass is 10.0. The fourth-order valence-electron chi connectivity index (χ4n) is 4.05. The van der Waals surface area contributed by atoms with Gasteiger partial charge in [0.1, 0.15) is 0 Å². The van der Waals surface area contributed by atoms with E-state index in [2.05, 4.69) is 62.1 Å². The van der Waals surface area contributed by atoms with Crippen LogP contribution in [0.25, 0.3) is 49.7 Å². The van der Waals surface area contributed by atoms with Crippen LogP contribution in [0.4, 0.5) is 0 Å². The fraction of sp³-hybridized carbons (Fsp3) is 0. The van der Waals surface area contributed by atoms with Gasteiger partial charge >= 0.3 is 0 Å². The number of hydrogen-bond donors (Lipinski definition) is 1. The van der Waals surface area contributed by atoms with Crippen LogP contribution in [0.2, 0.25) is 0 Å². The van der Waals surface area contributed by atoms with Crippen LogP contribution in [0.3, 0.4) is 0 Å². The molecular weight excluding hydrogens is 344 g/mol. The summed E-state index contributed by atoms with van der Waals surface area (Å²) >= 11 is 0. The number of nitrogens with zero attached hydrogens (tertiary/aromatic N) is 3. The largest absolute Gasteiger partial charge is 0.361 e. The van der Waals surface area contributed by atoms with Crippen molar-refractivity contribution in [1.82, 2.24) is 19.5 Å². The summed E-state index contributed by atoms with van der Waals surface area (Å²) in [5.74, 6) is 0.734. The van der Waals surface area contributed by atoms with E-state index in [-0.39, 0.29) is 0 Å². The molecule has 3 heterocycles. The average molecular weight is 360 g/mol. The van der Waals surface area contributed by atoms with Gasteiger partial charge in [0.05, 0.1) is 29.1 Å². The maximum absolute atomic E-state index is 4.60. The van der Waals surface area contributed by atoms with Crippen LogP contribution in [0.1, 0.15) is 0 Å². The first-order valence-electron chi connectivity index (χ1n) is 9.27. The molecule has 0 aliphatic rings. The Kier molecular flexibility index (Phi) is 3.14. The first-order valence-corrected chi connectivity index (χ1v) is 9.27. The number of aromatic amines is 1. The van der Waals surface area contributed by atoms with Gasteiger partial charge in [0.15, 0.2) is 5.82 Å². The van der Waals surface area contributed by atoms with E-state index in [1.54, 1.807) is 0 Å². The van der Waals surface area contributed by atoms with Crippen molar-refractivity contribution in [3.8, 4) is 17.1 Å². The Morgan fingerprint density at radius 2 is 1.43 bits per heavy atom. The Bertz CT molecular complexity index is 1440. The summed E-state index contributed by atoms with van der Waals surface area (Å²) in [6, 6.07) is 22.9. The summed E-state index contributed by atoms with van der Waals surface area (Å²) in [4.78, 5) is 12.6. The molecule has 3 aromatic heterocycles. The molecule has 0 bridgehead atoms. The molecule has 6 aromatic rings. The van der Waals surface area contributed by atoms with Gasteiger partial charge in [0, 0.05) is 34.1 Å². The number of aromatic nitrogens is 4. The second-order valence-corrected chi connectivity index (χ2v) is 6.89. The maximum atomic E-state index is 4.60. The van der Waals surface area contributed by atoms with Crippen molar-refractivity contribution in [3.05, 3.63) is 91.5 Å². The molecule has 0 saturated carbocycles. The van der Waals surface area contributed by atoms with E-state index in [9.17, 15) is 0 Å². The van der Waals surface area contributed by atoms with E-state index >= 15 is 0 Å². The quantitative estimate of drug-likeness (QED) is 0.429. The molecule has 0 saturated heterocycles. The highest BCUT2D eigenvalue weighted by Crippen LogP contribution is 2.36. The van der Waals surface area contributed by atoms with Crippen LogP contribution >= 0.6 is 0 Å². The zero-order chi connectivity index (χ0) is 18.5. The molecule has 1 N–H and O–H groups in total. The van der Waals surface area contributed by atoms with E-state index in [4.69, 9.17) is 0 Å². The minimum Gasteiger partial charge on any atom is -0.361 e. The van der Waals surface area contributed by atoms with Gasteiger partial charge in [-0.05, 0) is 17.5 Å². The molecule has 0 aliphatic carbocycles. The lowest BCUT2D eigenvalue weighted by molar-refractivity contribution is 1.06. The summed E-state index contributed by atoms with van der Waals surface area (Å²) in [6.07, 6.45) is 7.88. The maximum Gasteiger partial charge on any atom is 0.159 e. The Balaban J connectivity index is 1.60. The van der Waals surface area contributed by atoms with Gasteiger partial charge in [-0.25, -0.2) is 9.97 Å². The molecule has 28 heavy (non-hydrogen) atoms. The molecule has 6 rings (SSSR count). The summed E-state index contributed by atoms with van der Waals surface area (Å²) in [7, 11) is 0. The molecule has 4 heteroatoms. The number of hydrogen-bond acceptors (Lipinski definition) is 2. The molecular formula is C24H16N4. The average Bonchev–Trinajstić information content (AvgIpc) is 3.42. The predicted molar refractivity (Wildman–Crippen MR) is 114 cm³/mol. The zero-order valence-electron chi connectivity index (χ0n) is 15.0. The molecule has 0 spiro atoms. The van der Waals surface area contributed by atoms with Gasteiger partial charge in [-0.15, -0.1) is 0 Å². The molecule has 0 atom stereocenters. The van der Waals surface area contributed by atoms with Crippen molar-refractivity contribution in [3.63, 3.8) is 0 Å². The van der Waals surface area contributed by atoms with E-state index in [1.807, 2.05) is 48.9 Å². The van der Waals surface area contributed by atoms with Crippen molar-refractivity contribution in [2.24, 2.45) is 0 Å². The summed E-state index contributed by atoms with van der Waals surface area (Å²) in [5.41, 5.74) is 4.30. The lowest BCUT2D eigenvalue weighted by Gasteiger charge is -2.10. The molecule has 0 unspecified atom stereocenters. The summed E-state index contributed by atoms with van der Waals surface area (Å²) < 4.78 is 2.17. The van der Waals surface area contributed by atoms with Crippen LogP contribution in [-0.2, 0) is 0 Å². The molecule has 4 nitrogen and oxygen atoms in total. The van der Waals surface area contributed by atoms with E-state index in [1.165, 1.54) is 27.1 Å². The van der Waals surface area contributed by atoms with E-state index in [0.717, 1.165) is 22.6 Å². The van der Waals surface area contributed by atoms with Crippen LogP contribution in [0.5, 0.6) is 0 Å². The lowest BCUT2D eigenvalue weighted by Crippen LogP contribution is -1.97. The van der Waals surface area contributed by atoms with Crippen molar-refractivity contribution in [1.29, 1.82) is 0 Å². The molecule has 0 radical (unpaired) electrons. The third-order valence-corrected chi connectivity index (χ3v) is 5.32. The van der Waals surface area contributed by atoms with Crippen molar-refractivity contribution >= 4 is 32.6 Å².